The first-order chi connectivity index (χ1) is 12.7. The van der Waals surface area contributed by atoms with Gasteiger partial charge in [0.05, 0.1) is 20.8 Å². The highest BCUT2D eigenvalue weighted by Crippen LogP contribution is 2.26. The first-order valence-corrected chi connectivity index (χ1v) is 8.67. The second kappa shape index (κ2) is 8.54. The Hall–Kier alpha value is -2.79. The molecule has 0 atom stereocenters. The maximum absolute atomic E-state index is 12.4. The van der Waals surface area contributed by atoms with Crippen molar-refractivity contribution in [3.8, 4) is 11.5 Å². The molecule has 0 saturated carbocycles. The van der Waals surface area contributed by atoms with Gasteiger partial charge in [0, 0.05) is 37.0 Å². The van der Waals surface area contributed by atoms with Crippen molar-refractivity contribution >= 4 is 17.2 Å². The average Bonchev–Trinajstić information content (AvgIpc) is 2.68. The third-order valence-corrected chi connectivity index (χ3v) is 4.44. The van der Waals surface area contributed by atoms with Crippen molar-refractivity contribution in [3.05, 3.63) is 60.2 Å². The van der Waals surface area contributed by atoms with Crippen molar-refractivity contribution in [2.24, 2.45) is 0 Å². The molecule has 26 heavy (non-hydrogen) atoms. The lowest BCUT2D eigenvalue weighted by atomic mass is 10.00. The van der Waals surface area contributed by atoms with Crippen LogP contribution in [0.25, 0.3) is 5.57 Å². The molecule has 0 saturated heterocycles. The van der Waals surface area contributed by atoms with Gasteiger partial charge < -0.3 is 14.8 Å². The molecule has 1 N–H and O–H groups in total. The molecule has 0 aromatic heterocycles. The number of nitrogens with one attached hydrogen (secondary N) is 1. The molecule has 136 valence electrons. The fourth-order valence-electron chi connectivity index (χ4n) is 3.05. The van der Waals surface area contributed by atoms with Gasteiger partial charge in [-0.2, -0.15) is 0 Å². The van der Waals surface area contributed by atoms with Gasteiger partial charge in [-0.15, -0.1) is 0 Å². The number of nitrogens with zero attached hydrogens (tertiary/aromatic N) is 1. The molecule has 1 aliphatic heterocycles. The summed E-state index contributed by atoms with van der Waals surface area (Å²) >= 11 is 0. The predicted molar refractivity (Wildman–Crippen MR) is 104 cm³/mol. The summed E-state index contributed by atoms with van der Waals surface area (Å²) in [5.41, 5.74) is 3.28. The Labute approximate surface area is 154 Å². The Balaban J connectivity index is 1.57. The number of benzene rings is 2. The van der Waals surface area contributed by atoms with Crippen LogP contribution in [0.5, 0.6) is 11.5 Å². The number of hydrogen-bond donors (Lipinski definition) is 1. The molecule has 5 heteroatoms. The van der Waals surface area contributed by atoms with Crippen molar-refractivity contribution in [1.82, 2.24) is 4.90 Å². The minimum Gasteiger partial charge on any atom is -0.497 e. The largest absolute Gasteiger partial charge is 0.497 e. The van der Waals surface area contributed by atoms with Gasteiger partial charge in [-0.05, 0) is 17.6 Å². The normalized spacial score (nSPS) is 14.5. The lowest BCUT2D eigenvalue weighted by Crippen LogP contribution is -2.36. The van der Waals surface area contributed by atoms with Crippen molar-refractivity contribution < 1.29 is 14.3 Å². The second-order valence-corrected chi connectivity index (χ2v) is 6.23. The smallest absolute Gasteiger partial charge is 0.238 e. The fourth-order valence-corrected chi connectivity index (χ4v) is 3.05. The number of hydrogen-bond acceptors (Lipinski definition) is 4. The van der Waals surface area contributed by atoms with Crippen molar-refractivity contribution in [3.63, 3.8) is 0 Å². The van der Waals surface area contributed by atoms with Crippen LogP contribution in [0, 0.1) is 0 Å². The molecule has 0 aliphatic carbocycles. The summed E-state index contributed by atoms with van der Waals surface area (Å²) in [6, 6.07) is 15.7. The van der Waals surface area contributed by atoms with E-state index < -0.39 is 0 Å². The molecule has 0 bridgehead atoms. The number of carbonyl (C=O) groups excluding carboxylic acids is 1. The lowest BCUT2D eigenvalue weighted by molar-refractivity contribution is -0.117. The van der Waals surface area contributed by atoms with E-state index in [9.17, 15) is 4.79 Å². The van der Waals surface area contributed by atoms with E-state index in [4.69, 9.17) is 9.47 Å². The zero-order valence-electron chi connectivity index (χ0n) is 15.2. The molecular weight excluding hydrogens is 328 g/mol. The molecular formula is C21H24N2O3. The van der Waals surface area contributed by atoms with Gasteiger partial charge >= 0.3 is 0 Å². The SMILES string of the molecule is COc1cc(NC(=O)CN2CC=C(c3ccccc3)CC2)cc(OC)c1. The van der Waals surface area contributed by atoms with Crippen LogP contribution in [0.2, 0.25) is 0 Å². The summed E-state index contributed by atoms with van der Waals surface area (Å²) in [4.78, 5) is 14.5. The van der Waals surface area contributed by atoms with E-state index in [1.165, 1.54) is 11.1 Å². The van der Waals surface area contributed by atoms with E-state index >= 15 is 0 Å². The number of amides is 1. The number of anilines is 1. The molecule has 3 rings (SSSR count). The van der Waals surface area contributed by atoms with Crippen LogP contribution in [0.3, 0.4) is 0 Å². The maximum atomic E-state index is 12.4. The van der Waals surface area contributed by atoms with E-state index in [0.29, 0.717) is 23.7 Å². The van der Waals surface area contributed by atoms with Crippen LogP contribution >= 0.6 is 0 Å². The highest BCUT2D eigenvalue weighted by atomic mass is 16.5. The number of ether oxygens (including phenoxy) is 2. The van der Waals surface area contributed by atoms with Crippen molar-refractivity contribution in [2.45, 2.75) is 6.42 Å². The Morgan fingerprint density at radius 2 is 1.77 bits per heavy atom. The van der Waals surface area contributed by atoms with Crippen LogP contribution < -0.4 is 14.8 Å². The predicted octanol–water partition coefficient (Wildman–Crippen LogP) is 3.43. The molecule has 0 fully saturated rings. The van der Waals surface area contributed by atoms with Crippen LogP contribution in [-0.4, -0.2) is 44.7 Å². The fraction of sp³-hybridized carbons (Fsp3) is 0.286. The Bertz CT molecular complexity index is 765. The van der Waals surface area contributed by atoms with E-state index in [-0.39, 0.29) is 5.91 Å². The van der Waals surface area contributed by atoms with Gasteiger partial charge in [0.1, 0.15) is 11.5 Å². The van der Waals surface area contributed by atoms with E-state index in [0.717, 1.165) is 19.5 Å². The topological polar surface area (TPSA) is 50.8 Å². The minimum atomic E-state index is -0.0446. The zero-order chi connectivity index (χ0) is 18.4. The number of carbonyl (C=O) groups is 1. The van der Waals surface area contributed by atoms with E-state index in [2.05, 4.69) is 40.6 Å². The lowest BCUT2D eigenvalue weighted by Gasteiger charge is -2.26. The van der Waals surface area contributed by atoms with Gasteiger partial charge in [-0.25, -0.2) is 0 Å². The molecule has 5 nitrogen and oxygen atoms in total. The van der Waals surface area contributed by atoms with Crippen molar-refractivity contribution in [2.75, 3.05) is 39.2 Å². The van der Waals surface area contributed by atoms with Gasteiger partial charge in [0.25, 0.3) is 0 Å². The molecule has 1 aliphatic rings. The van der Waals surface area contributed by atoms with Crippen LogP contribution in [0.4, 0.5) is 5.69 Å². The molecule has 1 amide bonds. The summed E-state index contributed by atoms with van der Waals surface area (Å²) in [6.07, 6.45) is 3.16. The highest BCUT2D eigenvalue weighted by Gasteiger charge is 2.16. The first-order valence-electron chi connectivity index (χ1n) is 8.67. The van der Waals surface area contributed by atoms with Gasteiger partial charge in [-0.1, -0.05) is 36.4 Å². The maximum Gasteiger partial charge on any atom is 0.238 e. The summed E-state index contributed by atoms with van der Waals surface area (Å²) < 4.78 is 10.5. The Morgan fingerprint density at radius 1 is 1.08 bits per heavy atom. The Morgan fingerprint density at radius 3 is 2.35 bits per heavy atom. The third kappa shape index (κ3) is 4.64. The third-order valence-electron chi connectivity index (χ3n) is 4.44. The standard InChI is InChI=1S/C21H24N2O3/c1-25-19-12-18(13-20(14-19)26-2)22-21(24)15-23-10-8-17(9-11-23)16-6-4-3-5-7-16/h3-8,12-14H,9-11,15H2,1-2H3,(H,22,24). The molecule has 1 heterocycles. The summed E-state index contributed by atoms with van der Waals surface area (Å²) in [6.45, 7) is 2.01. The molecule has 0 unspecified atom stereocenters. The highest BCUT2D eigenvalue weighted by molar-refractivity contribution is 5.92. The molecule has 0 spiro atoms. The monoisotopic (exact) mass is 352 g/mol. The van der Waals surface area contributed by atoms with Crippen LogP contribution in [-0.2, 0) is 4.79 Å². The summed E-state index contributed by atoms with van der Waals surface area (Å²) in [7, 11) is 3.18. The molecule has 0 radical (unpaired) electrons. The quantitative estimate of drug-likeness (QED) is 0.865. The second-order valence-electron chi connectivity index (χ2n) is 6.23. The zero-order valence-corrected chi connectivity index (χ0v) is 15.2. The number of methoxy groups -OCH3 is 2. The van der Waals surface area contributed by atoms with E-state index in [1.54, 1.807) is 32.4 Å². The van der Waals surface area contributed by atoms with Gasteiger partial charge in [-0.3, -0.25) is 9.69 Å². The average molecular weight is 352 g/mol. The summed E-state index contributed by atoms with van der Waals surface area (Å²) in [5, 5.41) is 2.92. The first kappa shape index (κ1) is 18.0. The van der Waals surface area contributed by atoms with Gasteiger partial charge in [0.2, 0.25) is 5.91 Å². The molecule has 2 aromatic carbocycles. The van der Waals surface area contributed by atoms with Crippen molar-refractivity contribution in [1.29, 1.82) is 0 Å². The van der Waals surface area contributed by atoms with Crippen LogP contribution in [0.15, 0.2) is 54.6 Å². The number of rotatable bonds is 6. The minimum absolute atomic E-state index is 0.0446. The Kier molecular flexibility index (Phi) is 5.92. The van der Waals surface area contributed by atoms with Crippen LogP contribution in [0.1, 0.15) is 12.0 Å². The summed E-state index contributed by atoms with van der Waals surface area (Å²) in [5.74, 6) is 1.25. The van der Waals surface area contributed by atoms with Gasteiger partial charge in [0.15, 0.2) is 0 Å². The van der Waals surface area contributed by atoms with E-state index in [1.807, 2.05) is 6.07 Å². The molecule has 2 aromatic rings.